The van der Waals surface area contributed by atoms with Crippen LogP contribution in [0, 0.1) is 5.82 Å². The normalized spacial score (nSPS) is 17.4. The molecule has 0 N–H and O–H groups in total. The Hall–Kier alpha value is -3.65. The summed E-state index contributed by atoms with van der Waals surface area (Å²) in [5.74, 6) is 1.98. The van der Waals surface area contributed by atoms with Crippen molar-refractivity contribution in [2.45, 2.75) is 57.5 Å². The molecule has 0 unspecified atom stereocenters. The molecule has 2 aliphatic heterocycles. The molecule has 0 radical (unpaired) electrons. The maximum atomic E-state index is 13.2. The summed E-state index contributed by atoms with van der Waals surface area (Å²) in [5.41, 5.74) is 1.97. The number of benzene rings is 2. The van der Waals surface area contributed by atoms with Gasteiger partial charge in [0.1, 0.15) is 5.82 Å². The highest BCUT2D eigenvalue weighted by Crippen LogP contribution is 2.33. The molecule has 0 saturated carbocycles. The number of para-hydroxylation sites is 2. The summed E-state index contributed by atoms with van der Waals surface area (Å²) >= 11 is 0. The Morgan fingerprint density at radius 3 is 2.51 bits per heavy atom. The number of nitrogens with zero attached hydrogens (tertiary/aromatic N) is 4. The van der Waals surface area contributed by atoms with E-state index in [1.54, 1.807) is 18.3 Å². The molecule has 7 nitrogen and oxygen atoms in total. The molecule has 218 valence electrons. The van der Waals surface area contributed by atoms with Gasteiger partial charge < -0.3 is 19.3 Å². The van der Waals surface area contributed by atoms with Gasteiger partial charge in [0.25, 0.3) is 0 Å². The molecule has 3 aromatic rings. The van der Waals surface area contributed by atoms with Crippen molar-refractivity contribution in [3.8, 4) is 17.4 Å². The number of carbonyl (C=O) groups is 1. The van der Waals surface area contributed by atoms with Crippen LogP contribution in [0.2, 0.25) is 0 Å². The molecule has 8 heteroatoms. The van der Waals surface area contributed by atoms with Crippen LogP contribution >= 0.6 is 0 Å². The predicted molar refractivity (Wildman–Crippen MR) is 159 cm³/mol. The summed E-state index contributed by atoms with van der Waals surface area (Å²) in [6, 6.07) is 18.7. The summed E-state index contributed by atoms with van der Waals surface area (Å²) in [6.07, 6.45) is 8.56. The van der Waals surface area contributed by atoms with Crippen LogP contribution in [-0.4, -0.2) is 66.6 Å². The van der Waals surface area contributed by atoms with Gasteiger partial charge >= 0.3 is 0 Å². The van der Waals surface area contributed by atoms with Crippen molar-refractivity contribution in [2.24, 2.45) is 0 Å². The Bertz CT molecular complexity index is 1260. The number of pyridine rings is 1. The fourth-order valence-electron chi connectivity index (χ4n) is 5.68. The monoisotopic (exact) mass is 560 g/mol. The highest BCUT2D eigenvalue weighted by Gasteiger charge is 2.28. The maximum absolute atomic E-state index is 13.2. The number of hydrogen-bond donors (Lipinski definition) is 0. The van der Waals surface area contributed by atoms with E-state index in [4.69, 9.17) is 9.47 Å². The highest BCUT2D eigenvalue weighted by atomic mass is 19.1. The molecule has 0 bridgehead atoms. The van der Waals surface area contributed by atoms with Crippen molar-refractivity contribution in [3.63, 3.8) is 0 Å². The Labute approximate surface area is 242 Å². The van der Waals surface area contributed by atoms with Gasteiger partial charge in [-0.25, -0.2) is 9.37 Å². The van der Waals surface area contributed by atoms with Crippen LogP contribution in [0.4, 0.5) is 10.1 Å². The molecule has 41 heavy (non-hydrogen) atoms. The van der Waals surface area contributed by atoms with Gasteiger partial charge in [-0.05, 0) is 74.7 Å². The Morgan fingerprint density at radius 1 is 0.951 bits per heavy atom. The highest BCUT2D eigenvalue weighted by molar-refractivity contribution is 5.77. The van der Waals surface area contributed by atoms with Crippen molar-refractivity contribution in [1.82, 2.24) is 14.8 Å². The quantitative estimate of drug-likeness (QED) is 0.366. The van der Waals surface area contributed by atoms with Gasteiger partial charge in [-0.1, -0.05) is 31.0 Å². The van der Waals surface area contributed by atoms with E-state index in [0.717, 1.165) is 81.7 Å². The number of fused-ring (bicyclic) bond motifs is 2. The van der Waals surface area contributed by atoms with Crippen molar-refractivity contribution >= 4 is 11.6 Å². The lowest BCUT2D eigenvalue weighted by Crippen LogP contribution is -2.47. The van der Waals surface area contributed by atoms with Crippen molar-refractivity contribution in [1.29, 1.82) is 0 Å². The van der Waals surface area contributed by atoms with Crippen LogP contribution in [0.5, 0.6) is 17.4 Å². The van der Waals surface area contributed by atoms with Crippen LogP contribution in [0.3, 0.4) is 0 Å². The molecule has 1 amide bonds. The molecular weight excluding hydrogens is 519 g/mol. The fourth-order valence-corrected chi connectivity index (χ4v) is 5.68. The second kappa shape index (κ2) is 14.3. The molecule has 0 aliphatic carbocycles. The lowest BCUT2D eigenvalue weighted by molar-refractivity contribution is -0.132. The number of hydrogen-bond acceptors (Lipinski definition) is 6. The molecule has 2 aromatic carbocycles. The van der Waals surface area contributed by atoms with E-state index in [-0.39, 0.29) is 11.7 Å². The average molecular weight is 561 g/mol. The molecule has 0 spiro atoms. The molecular formula is C33H41FN4O3. The summed E-state index contributed by atoms with van der Waals surface area (Å²) in [6.45, 7) is 4.57. The van der Waals surface area contributed by atoms with Gasteiger partial charge in [0.15, 0.2) is 11.5 Å². The number of aromatic nitrogens is 1. The zero-order valence-corrected chi connectivity index (χ0v) is 24.0. The minimum absolute atomic E-state index is 0.183. The number of carbonyl (C=O) groups excluding carboxylic acids is 1. The second-order valence-corrected chi connectivity index (χ2v) is 11.0. The van der Waals surface area contributed by atoms with E-state index >= 15 is 0 Å². The predicted octanol–water partition coefficient (Wildman–Crippen LogP) is 6.29. The van der Waals surface area contributed by atoms with Crippen LogP contribution in [-0.2, 0) is 11.3 Å². The molecule has 2 aliphatic rings. The molecule has 5 rings (SSSR count). The van der Waals surface area contributed by atoms with E-state index in [2.05, 4.69) is 16.0 Å². The summed E-state index contributed by atoms with van der Waals surface area (Å²) in [4.78, 5) is 24.2. The number of likely N-dealkylation sites (tertiary alicyclic amines) is 1. The standard InChI is InChI=1S/C33H41FN4O3/c1-36(28-14-12-27(34)13-15-28)21-18-32(39)37-22-16-29(17-23-37)38-20-6-2-3-7-24-40-30-10-4-5-11-31(30)41-33-26(25-38)9-8-19-35-33/h4-5,8-15,19,29H,2-3,6-7,16-18,20-25H2,1H3. The largest absolute Gasteiger partial charge is 0.490 e. The minimum atomic E-state index is -0.253. The fraction of sp³-hybridized carbons (Fsp3) is 0.455. The molecule has 1 saturated heterocycles. The lowest BCUT2D eigenvalue weighted by atomic mass is 10.0. The van der Waals surface area contributed by atoms with Gasteiger partial charge in [0, 0.05) is 63.1 Å². The molecule has 3 heterocycles. The maximum Gasteiger partial charge on any atom is 0.224 e. The first-order valence-electron chi connectivity index (χ1n) is 14.9. The molecule has 1 fully saturated rings. The number of halogens is 1. The first kappa shape index (κ1) is 28.9. The van der Waals surface area contributed by atoms with Crippen LogP contribution in [0.15, 0.2) is 66.9 Å². The number of piperidine rings is 1. The smallest absolute Gasteiger partial charge is 0.224 e. The van der Waals surface area contributed by atoms with Crippen molar-refractivity contribution < 1.29 is 18.7 Å². The third-order valence-electron chi connectivity index (χ3n) is 8.14. The first-order chi connectivity index (χ1) is 20.1. The topological polar surface area (TPSA) is 58.1 Å². The van der Waals surface area contributed by atoms with E-state index in [9.17, 15) is 9.18 Å². The van der Waals surface area contributed by atoms with Crippen LogP contribution in [0.1, 0.15) is 50.5 Å². The van der Waals surface area contributed by atoms with Gasteiger partial charge in [-0.15, -0.1) is 0 Å². The Balaban J connectivity index is 1.21. The Kier molecular flexibility index (Phi) is 10.1. The zero-order chi connectivity index (χ0) is 28.4. The van der Waals surface area contributed by atoms with Crippen molar-refractivity contribution in [2.75, 3.05) is 44.7 Å². The summed E-state index contributed by atoms with van der Waals surface area (Å²) in [5, 5.41) is 0. The summed E-state index contributed by atoms with van der Waals surface area (Å²) < 4.78 is 25.6. The Morgan fingerprint density at radius 2 is 1.71 bits per heavy atom. The van der Waals surface area contributed by atoms with E-state index < -0.39 is 0 Å². The minimum Gasteiger partial charge on any atom is -0.490 e. The van der Waals surface area contributed by atoms with E-state index in [1.807, 2.05) is 47.2 Å². The summed E-state index contributed by atoms with van der Waals surface area (Å²) in [7, 11) is 1.94. The second-order valence-electron chi connectivity index (χ2n) is 11.0. The third kappa shape index (κ3) is 7.97. The van der Waals surface area contributed by atoms with Gasteiger partial charge in [0.05, 0.1) is 6.61 Å². The SMILES string of the molecule is CN(CCC(=O)N1CCC(N2CCCCCCOc3ccccc3Oc3ncccc3C2)CC1)c1ccc(F)cc1. The van der Waals surface area contributed by atoms with Gasteiger partial charge in [-0.3, -0.25) is 9.69 Å². The molecule has 1 aromatic heterocycles. The van der Waals surface area contributed by atoms with Gasteiger partial charge in [-0.2, -0.15) is 0 Å². The number of ether oxygens (including phenoxy) is 2. The zero-order valence-electron chi connectivity index (χ0n) is 24.0. The van der Waals surface area contributed by atoms with Crippen molar-refractivity contribution in [3.05, 3.63) is 78.2 Å². The lowest BCUT2D eigenvalue weighted by Gasteiger charge is -2.39. The van der Waals surface area contributed by atoms with Gasteiger partial charge in [0.2, 0.25) is 11.8 Å². The number of anilines is 1. The number of rotatable bonds is 5. The average Bonchev–Trinajstić information content (AvgIpc) is 3.00. The first-order valence-corrected chi connectivity index (χ1v) is 14.9. The molecule has 0 atom stereocenters. The van der Waals surface area contributed by atoms with E-state index in [0.29, 0.717) is 37.2 Å². The van der Waals surface area contributed by atoms with E-state index in [1.165, 1.54) is 12.1 Å². The van der Waals surface area contributed by atoms with Crippen LogP contribution in [0.25, 0.3) is 0 Å². The third-order valence-corrected chi connectivity index (χ3v) is 8.14. The number of amides is 1. The van der Waals surface area contributed by atoms with Crippen LogP contribution < -0.4 is 14.4 Å².